The van der Waals surface area contributed by atoms with Crippen LogP contribution in [-0.2, 0) is 12.8 Å². The van der Waals surface area contributed by atoms with E-state index in [1.54, 1.807) is 0 Å². The minimum atomic E-state index is 0.487. The SMILES string of the molecule is CCCCCCCCCCc1noc2c1/C(=N/O)C[C@@H](C[C@@H](C)SCC)C2. The molecular formula is C22H38N2O2S. The van der Waals surface area contributed by atoms with Crippen LogP contribution in [0.1, 0.15) is 102 Å². The van der Waals surface area contributed by atoms with Crippen LogP contribution in [-0.4, -0.2) is 27.1 Å². The third-order valence-corrected chi connectivity index (χ3v) is 6.68. The van der Waals surface area contributed by atoms with Crippen molar-refractivity contribution in [2.24, 2.45) is 11.1 Å². The first-order chi connectivity index (χ1) is 13.2. The van der Waals surface area contributed by atoms with Gasteiger partial charge in [0.1, 0.15) is 5.76 Å². The van der Waals surface area contributed by atoms with Gasteiger partial charge in [-0.25, -0.2) is 0 Å². The summed E-state index contributed by atoms with van der Waals surface area (Å²) in [6.45, 7) is 6.75. The van der Waals surface area contributed by atoms with Crippen LogP contribution in [0.5, 0.6) is 0 Å². The van der Waals surface area contributed by atoms with Crippen molar-refractivity contribution in [1.82, 2.24) is 5.16 Å². The summed E-state index contributed by atoms with van der Waals surface area (Å²) in [5.41, 5.74) is 2.79. The molecule has 4 nitrogen and oxygen atoms in total. The zero-order valence-corrected chi connectivity index (χ0v) is 18.3. The summed E-state index contributed by atoms with van der Waals surface area (Å²) in [6.07, 6.45) is 14.3. The Morgan fingerprint density at radius 1 is 1.11 bits per heavy atom. The summed E-state index contributed by atoms with van der Waals surface area (Å²) in [5.74, 6) is 2.56. The van der Waals surface area contributed by atoms with Gasteiger partial charge in [0.05, 0.1) is 17.0 Å². The molecule has 0 spiro atoms. The minimum absolute atomic E-state index is 0.487. The standard InChI is InChI=1S/C22H38N2O2S/c1-4-6-7-8-9-10-11-12-13-19-22-20(23-25)15-18(14-17(3)27-5-2)16-21(22)26-24-19/h17-18,25H,4-16H2,1-3H3/b23-20+/t17-,18-/m1/s1. The van der Waals surface area contributed by atoms with Gasteiger partial charge in [-0.1, -0.05) is 76.0 Å². The summed E-state index contributed by atoms with van der Waals surface area (Å²) < 4.78 is 5.66. The van der Waals surface area contributed by atoms with Crippen LogP contribution < -0.4 is 0 Å². The molecule has 1 N–H and O–H groups in total. The summed E-state index contributed by atoms with van der Waals surface area (Å²) in [5, 5.41) is 18.1. The number of thioether (sulfide) groups is 1. The number of fused-ring (bicyclic) bond motifs is 1. The third kappa shape index (κ3) is 7.17. The maximum atomic E-state index is 9.56. The molecule has 0 saturated carbocycles. The van der Waals surface area contributed by atoms with Crippen LogP contribution in [0.3, 0.4) is 0 Å². The largest absolute Gasteiger partial charge is 0.411 e. The maximum Gasteiger partial charge on any atom is 0.146 e. The van der Waals surface area contributed by atoms with E-state index in [1.807, 2.05) is 11.8 Å². The van der Waals surface area contributed by atoms with Gasteiger partial charge in [-0.15, -0.1) is 0 Å². The Balaban J connectivity index is 1.82. The molecule has 5 heteroatoms. The van der Waals surface area contributed by atoms with Crippen LogP contribution >= 0.6 is 11.8 Å². The van der Waals surface area contributed by atoms with Crippen LogP contribution in [0.15, 0.2) is 9.68 Å². The second kappa shape index (κ2) is 12.5. The molecule has 0 fully saturated rings. The average Bonchev–Trinajstić information content (AvgIpc) is 3.06. The molecule has 0 aromatic carbocycles. The number of rotatable bonds is 13. The van der Waals surface area contributed by atoms with Gasteiger partial charge in [0.15, 0.2) is 0 Å². The molecular weight excluding hydrogens is 356 g/mol. The van der Waals surface area contributed by atoms with E-state index in [2.05, 4.69) is 31.1 Å². The van der Waals surface area contributed by atoms with Crippen molar-refractivity contribution in [2.45, 2.75) is 103 Å². The Hall–Kier alpha value is -0.970. The highest BCUT2D eigenvalue weighted by Crippen LogP contribution is 2.33. The van der Waals surface area contributed by atoms with E-state index in [0.29, 0.717) is 11.2 Å². The Morgan fingerprint density at radius 3 is 2.48 bits per heavy atom. The molecule has 1 aromatic heterocycles. The van der Waals surface area contributed by atoms with Crippen LogP contribution in [0, 0.1) is 5.92 Å². The van der Waals surface area contributed by atoms with Gasteiger partial charge >= 0.3 is 0 Å². The molecule has 2 atom stereocenters. The van der Waals surface area contributed by atoms with Crippen molar-refractivity contribution in [2.75, 3.05) is 5.75 Å². The fourth-order valence-corrected chi connectivity index (χ4v) is 5.19. The van der Waals surface area contributed by atoms with Crippen LogP contribution in [0.25, 0.3) is 0 Å². The van der Waals surface area contributed by atoms with E-state index in [-0.39, 0.29) is 0 Å². The fourth-order valence-electron chi connectivity index (χ4n) is 4.22. The van der Waals surface area contributed by atoms with Crippen molar-refractivity contribution in [3.63, 3.8) is 0 Å². The quantitative estimate of drug-likeness (QED) is 0.232. The normalized spacial score (nSPS) is 19.4. The summed E-state index contributed by atoms with van der Waals surface area (Å²) in [4.78, 5) is 0. The Labute approximate surface area is 169 Å². The maximum absolute atomic E-state index is 9.56. The van der Waals surface area contributed by atoms with E-state index in [0.717, 1.165) is 60.6 Å². The number of hydrogen-bond donors (Lipinski definition) is 1. The highest BCUT2D eigenvalue weighted by Gasteiger charge is 2.31. The lowest BCUT2D eigenvalue weighted by Crippen LogP contribution is -2.23. The molecule has 1 heterocycles. The lowest BCUT2D eigenvalue weighted by atomic mass is 9.83. The molecule has 2 rings (SSSR count). The van der Waals surface area contributed by atoms with Crippen molar-refractivity contribution in [1.29, 1.82) is 0 Å². The van der Waals surface area contributed by atoms with E-state index < -0.39 is 0 Å². The highest BCUT2D eigenvalue weighted by atomic mass is 32.2. The molecule has 1 aliphatic rings. The fraction of sp³-hybridized carbons (Fsp3) is 0.818. The number of aromatic nitrogens is 1. The Bertz CT molecular complexity index is 571. The van der Waals surface area contributed by atoms with Gasteiger partial charge < -0.3 is 9.73 Å². The number of nitrogens with zero attached hydrogens (tertiary/aromatic N) is 2. The molecule has 0 amide bonds. The second-order valence-electron chi connectivity index (χ2n) is 7.97. The summed E-state index contributed by atoms with van der Waals surface area (Å²) in [7, 11) is 0. The van der Waals surface area contributed by atoms with Crippen LogP contribution in [0.2, 0.25) is 0 Å². The number of unbranched alkanes of at least 4 members (excludes halogenated alkanes) is 7. The first-order valence-corrected chi connectivity index (χ1v) is 12.0. The third-order valence-electron chi connectivity index (χ3n) is 5.58. The van der Waals surface area contributed by atoms with Gasteiger partial charge in [-0.3, -0.25) is 0 Å². The van der Waals surface area contributed by atoms with Crippen LogP contribution in [0.4, 0.5) is 0 Å². The second-order valence-corrected chi connectivity index (χ2v) is 9.69. The molecule has 0 bridgehead atoms. The zero-order valence-electron chi connectivity index (χ0n) is 17.5. The summed E-state index contributed by atoms with van der Waals surface area (Å²) in [6, 6.07) is 0. The van der Waals surface area contributed by atoms with Gasteiger partial charge in [0, 0.05) is 11.7 Å². The van der Waals surface area contributed by atoms with Crippen molar-refractivity contribution in [3.8, 4) is 0 Å². The minimum Gasteiger partial charge on any atom is -0.411 e. The first-order valence-electron chi connectivity index (χ1n) is 11.0. The predicted molar refractivity (Wildman–Crippen MR) is 115 cm³/mol. The topological polar surface area (TPSA) is 58.6 Å². The van der Waals surface area contributed by atoms with E-state index in [1.165, 1.54) is 44.9 Å². The molecule has 0 saturated heterocycles. The smallest absolute Gasteiger partial charge is 0.146 e. The molecule has 27 heavy (non-hydrogen) atoms. The molecule has 0 unspecified atom stereocenters. The van der Waals surface area contributed by atoms with Gasteiger partial charge in [-0.2, -0.15) is 11.8 Å². The molecule has 154 valence electrons. The first kappa shape index (κ1) is 22.3. The van der Waals surface area contributed by atoms with E-state index in [9.17, 15) is 5.21 Å². The number of aryl methyl sites for hydroxylation is 1. The van der Waals surface area contributed by atoms with Crippen molar-refractivity contribution < 1.29 is 9.73 Å². The van der Waals surface area contributed by atoms with Gasteiger partial charge in [0.2, 0.25) is 0 Å². The lowest BCUT2D eigenvalue weighted by Gasteiger charge is -2.24. The predicted octanol–water partition coefficient (Wildman–Crippen LogP) is 6.63. The number of oxime groups is 1. The van der Waals surface area contributed by atoms with E-state index >= 15 is 0 Å². The molecule has 0 radical (unpaired) electrons. The summed E-state index contributed by atoms with van der Waals surface area (Å²) >= 11 is 1.99. The average molecular weight is 395 g/mol. The van der Waals surface area contributed by atoms with Crippen molar-refractivity contribution in [3.05, 3.63) is 17.0 Å². The zero-order chi connectivity index (χ0) is 19.5. The number of hydrogen-bond acceptors (Lipinski definition) is 5. The van der Waals surface area contributed by atoms with E-state index in [4.69, 9.17) is 4.52 Å². The highest BCUT2D eigenvalue weighted by molar-refractivity contribution is 7.99. The van der Waals surface area contributed by atoms with Gasteiger partial charge in [0.25, 0.3) is 0 Å². The molecule has 1 aromatic rings. The Kier molecular flexibility index (Phi) is 10.3. The Morgan fingerprint density at radius 2 is 1.81 bits per heavy atom. The van der Waals surface area contributed by atoms with Crippen molar-refractivity contribution >= 4 is 17.5 Å². The molecule has 1 aliphatic carbocycles. The monoisotopic (exact) mass is 394 g/mol. The van der Waals surface area contributed by atoms with Gasteiger partial charge in [-0.05, 0) is 37.4 Å². The lowest BCUT2D eigenvalue weighted by molar-refractivity contribution is 0.310. The molecule has 0 aliphatic heterocycles.